The highest BCUT2D eigenvalue weighted by atomic mass is 14.8. The van der Waals surface area contributed by atoms with Gasteiger partial charge in [-0.25, -0.2) is 15.0 Å². The quantitative estimate of drug-likeness (QED) is 0.143. The number of aromatic nitrogens is 6. The van der Waals surface area contributed by atoms with E-state index in [4.69, 9.17) is 15.0 Å². The van der Waals surface area contributed by atoms with E-state index in [0.29, 0.717) is 0 Å². The first kappa shape index (κ1) is 67.9. The number of nitrogens with zero attached hydrogens (tertiary/aromatic N) is 6. The molecule has 528 valence electrons. The molecule has 6 aromatic heterocycles. The second-order valence-electron chi connectivity index (χ2n) is 30.9. The highest BCUT2D eigenvalue weighted by molar-refractivity contribution is 6.06. The topological polar surface area (TPSA) is 77.3 Å². The Morgan fingerprint density at radius 2 is 0.532 bits per heavy atom. The molecule has 0 amide bonds. The molecule has 6 heterocycles. The van der Waals surface area contributed by atoms with Gasteiger partial charge < -0.3 is 0 Å². The summed E-state index contributed by atoms with van der Waals surface area (Å²) in [6.07, 6.45) is 9.23. The van der Waals surface area contributed by atoms with Crippen LogP contribution in [0.4, 0.5) is 0 Å². The van der Waals surface area contributed by atoms with Gasteiger partial charge in [0, 0.05) is 85.6 Å². The monoisotopic (exact) mass is 1420 g/mol. The molecule has 0 aliphatic heterocycles. The number of para-hydroxylation sites is 3. The van der Waals surface area contributed by atoms with Gasteiger partial charge in [-0.05, 0) is 189 Å². The first-order chi connectivity index (χ1) is 54.3. The van der Waals surface area contributed by atoms with Crippen LogP contribution in [0, 0.1) is 0 Å². The van der Waals surface area contributed by atoms with Crippen molar-refractivity contribution in [3.8, 4) is 134 Å². The second kappa shape index (κ2) is 27.5. The lowest BCUT2D eigenvalue weighted by molar-refractivity contribution is 0.661. The van der Waals surface area contributed by atoms with Crippen molar-refractivity contribution >= 4 is 32.7 Å². The summed E-state index contributed by atoms with van der Waals surface area (Å²) < 4.78 is 0. The SMILES string of the molecule is CC1(C)c2ccccc2-c2nc3ccccc3c(-c3cccc(-c4ccc(-c5ccccn5)cc4)c3)c21.CC1(C)c2ccccc2-c2nc3ccccc3c(-c3cccc(-c4ccc(-c5cccnc5)cc4)c3)c21.CC1(C)c2ccccc2-c2nc3ccccc3c(-c3cccc(-c4ccc(-c5ccncc5)cc4)c3)c21. The summed E-state index contributed by atoms with van der Waals surface area (Å²) in [5.74, 6) is 0. The number of pyridine rings is 6. The molecule has 0 unspecified atom stereocenters. The second-order valence-corrected chi connectivity index (χ2v) is 30.9. The Morgan fingerprint density at radius 1 is 0.216 bits per heavy atom. The summed E-state index contributed by atoms with van der Waals surface area (Å²) >= 11 is 0. The molecular weight excluding hydrogens is 1350 g/mol. The third-order valence-corrected chi connectivity index (χ3v) is 23.2. The molecule has 0 saturated heterocycles. The Bertz CT molecular complexity index is 5980. The summed E-state index contributed by atoms with van der Waals surface area (Å²) in [5.41, 5.74) is 39.3. The highest BCUT2D eigenvalue weighted by Crippen LogP contribution is 2.57. The Morgan fingerprint density at radius 3 is 0.901 bits per heavy atom. The fraction of sp³-hybridized carbons (Fsp3) is 0.0857. The molecule has 3 aliphatic carbocycles. The smallest absolute Gasteiger partial charge is 0.0759 e. The number of hydrogen-bond acceptors (Lipinski definition) is 6. The van der Waals surface area contributed by atoms with E-state index >= 15 is 0 Å². The minimum Gasteiger partial charge on any atom is -0.265 e. The third-order valence-electron chi connectivity index (χ3n) is 23.2. The van der Waals surface area contributed by atoms with E-state index in [9.17, 15) is 0 Å². The molecule has 0 bridgehead atoms. The van der Waals surface area contributed by atoms with Gasteiger partial charge in [0.2, 0.25) is 0 Å². The zero-order valence-electron chi connectivity index (χ0n) is 62.8. The number of hydrogen-bond donors (Lipinski definition) is 0. The van der Waals surface area contributed by atoms with Gasteiger partial charge in [0.05, 0.1) is 39.3 Å². The molecule has 21 rings (SSSR count). The summed E-state index contributed by atoms with van der Waals surface area (Å²) in [7, 11) is 0. The Hall–Kier alpha value is -13.7. The maximum Gasteiger partial charge on any atom is 0.0759 e. The Balaban J connectivity index is 0.000000112. The van der Waals surface area contributed by atoms with Gasteiger partial charge in [-0.15, -0.1) is 0 Å². The van der Waals surface area contributed by atoms with E-state index in [0.717, 1.165) is 50.5 Å². The van der Waals surface area contributed by atoms with Crippen molar-refractivity contribution in [2.75, 3.05) is 0 Å². The molecule has 0 radical (unpaired) electrons. The lowest BCUT2D eigenvalue weighted by Crippen LogP contribution is -2.16. The first-order valence-electron chi connectivity index (χ1n) is 38.3. The van der Waals surface area contributed by atoms with Crippen LogP contribution in [0.5, 0.6) is 0 Å². The fourth-order valence-corrected chi connectivity index (χ4v) is 17.8. The van der Waals surface area contributed by atoms with Crippen molar-refractivity contribution < 1.29 is 0 Å². The van der Waals surface area contributed by atoms with E-state index < -0.39 is 0 Å². The molecule has 0 fully saturated rings. The third kappa shape index (κ3) is 11.9. The van der Waals surface area contributed by atoms with E-state index in [1.54, 1.807) is 0 Å². The van der Waals surface area contributed by atoms with Crippen LogP contribution in [0.15, 0.2) is 365 Å². The molecule has 0 spiro atoms. The van der Waals surface area contributed by atoms with Crippen molar-refractivity contribution in [2.24, 2.45) is 0 Å². The van der Waals surface area contributed by atoms with Crippen molar-refractivity contribution in [1.82, 2.24) is 29.9 Å². The molecule has 0 saturated carbocycles. The van der Waals surface area contributed by atoms with E-state index in [1.165, 1.54) is 150 Å². The fourth-order valence-electron chi connectivity index (χ4n) is 17.8. The maximum absolute atomic E-state index is 5.19. The largest absolute Gasteiger partial charge is 0.265 e. The van der Waals surface area contributed by atoms with Gasteiger partial charge in [0.15, 0.2) is 0 Å². The van der Waals surface area contributed by atoms with Gasteiger partial charge in [-0.1, -0.05) is 308 Å². The summed E-state index contributed by atoms with van der Waals surface area (Å²) in [5, 5.41) is 3.60. The van der Waals surface area contributed by atoms with Crippen LogP contribution in [0.3, 0.4) is 0 Å². The molecule has 111 heavy (non-hydrogen) atoms. The Kier molecular flexibility index (Phi) is 16.8. The molecule has 6 nitrogen and oxygen atoms in total. The van der Waals surface area contributed by atoms with Crippen LogP contribution in [0.1, 0.15) is 74.9 Å². The average Bonchev–Trinajstić information content (AvgIpc) is 1.59. The van der Waals surface area contributed by atoms with Crippen LogP contribution in [0.25, 0.3) is 167 Å². The minimum absolute atomic E-state index is 0.138. The summed E-state index contributed by atoms with van der Waals surface area (Å²) in [6.45, 7) is 14.0. The van der Waals surface area contributed by atoms with E-state index in [2.05, 4.69) is 354 Å². The van der Waals surface area contributed by atoms with Crippen LogP contribution < -0.4 is 0 Å². The molecule has 0 N–H and O–H groups in total. The summed E-state index contributed by atoms with van der Waals surface area (Å²) in [4.78, 5) is 28.5. The molecule has 18 aromatic rings. The molecule has 6 heteroatoms. The zero-order chi connectivity index (χ0) is 75.0. The molecule has 0 atom stereocenters. The van der Waals surface area contributed by atoms with Crippen LogP contribution in [-0.2, 0) is 16.2 Å². The first-order valence-corrected chi connectivity index (χ1v) is 38.3. The van der Waals surface area contributed by atoms with Gasteiger partial charge in [0.25, 0.3) is 0 Å². The van der Waals surface area contributed by atoms with E-state index in [-0.39, 0.29) is 16.2 Å². The zero-order valence-corrected chi connectivity index (χ0v) is 62.8. The predicted molar refractivity (Wildman–Crippen MR) is 460 cm³/mol. The molecule has 12 aromatic carbocycles. The standard InChI is InChI=1S/3C35H26N2/c1-35(2)30-14-5-3-12-28(30)34-33(35)32(29-13-4-6-15-31(29)37-34)26-10-7-9-25(21-26)23-16-18-24(19-17-23)27-11-8-20-36-22-27;1-35(2)29-14-5-3-12-27(29)34-33(35)32(28-13-4-6-16-31(28)37-34)26-11-9-10-25(22-26)23-17-19-24(20-18-23)30-15-7-8-21-36-30;1-35(2)30-12-5-3-10-28(30)34-33(35)32(29-11-4-6-13-31(29)37-34)27-9-7-8-26(22-27)24-16-14-23(15-17-24)25-18-20-36-21-19-25/h3*3-22H,1-2H3. The number of rotatable bonds is 9. The normalized spacial score (nSPS) is 13.4. The lowest BCUT2D eigenvalue weighted by atomic mass is 9.78. The van der Waals surface area contributed by atoms with Crippen molar-refractivity contribution in [3.63, 3.8) is 0 Å². The maximum atomic E-state index is 5.19. The van der Waals surface area contributed by atoms with Crippen molar-refractivity contribution in [1.29, 1.82) is 0 Å². The highest BCUT2D eigenvalue weighted by Gasteiger charge is 2.43. The molecular formula is C105H78N6. The van der Waals surface area contributed by atoms with Crippen molar-refractivity contribution in [2.45, 2.75) is 57.8 Å². The predicted octanol–water partition coefficient (Wildman–Crippen LogP) is 26.8. The van der Waals surface area contributed by atoms with Gasteiger partial charge in [-0.3, -0.25) is 15.0 Å². The number of fused-ring (bicyclic) bond motifs is 12. The Labute approximate surface area is 648 Å². The number of benzene rings is 12. The average molecular weight is 1420 g/mol. The van der Waals surface area contributed by atoms with E-state index in [1.807, 2.05) is 67.4 Å². The van der Waals surface area contributed by atoms with Crippen LogP contribution in [0.2, 0.25) is 0 Å². The van der Waals surface area contributed by atoms with Crippen LogP contribution in [-0.4, -0.2) is 29.9 Å². The van der Waals surface area contributed by atoms with Gasteiger partial charge >= 0.3 is 0 Å². The summed E-state index contributed by atoms with van der Waals surface area (Å²) in [6, 6.07) is 119. The molecule has 3 aliphatic rings. The van der Waals surface area contributed by atoms with Gasteiger partial charge in [0.1, 0.15) is 0 Å². The van der Waals surface area contributed by atoms with Gasteiger partial charge in [-0.2, -0.15) is 0 Å². The minimum atomic E-state index is -0.140. The van der Waals surface area contributed by atoms with Crippen molar-refractivity contribution in [3.05, 3.63) is 398 Å². The van der Waals surface area contributed by atoms with Crippen LogP contribution >= 0.6 is 0 Å². The lowest BCUT2D eigenvalue weighted by Gasteiger charge is -2.25.